The molecular weight excluding hydrogens is 469 g/mol. The molecule has 1 atom stereocenters. The highest BCUT2D eigenvalue weighted by molar-refractivity contribution is 9.10. The second-order valence-corrected chi connectivity index (χ2v) is 8.49. The Bertz CT molecular complexity index is 1130. The van der Waals surface area contributed by atoms with Gasteiger partial charge in [0, 0.05) is 45.0 Å². The Balaban J connectivity index is 1.76. The van der Waals surface area contributed by atoms with Crippen LogP contribution in [0.25, 0.3) is 16.5 Å². The predicted molar refractivity (Wildman–Crippen MR) is 122 cm³/mol. The molecule has 4 nitrogen and oxygen atoms in total. The van der Waals surface area contributed by atoms with Gasteiger partial charge in [-0.1, -0.05) is 17.7 Å². The van der Waals surface area contributed by atoms with Gasteiger partial charge in [0.25, 0.3) is 0 Å². The van der Waals surface area contributed by atoms with Gasteiger partial charge in [0.1, 0.15) is 12.0 Å². The predicted octanol–water partition coefficient (Wildman–Crippen LogP) is 6.31. The number of aromatic nitrogens is 1. The van der Waals surface area contributed by atoms with Gasteiger partial charge in [-0.3, -0.25) is 10.4 Å². The Morgan fingerprint density at radius 1 is 1.23 bits per heavy atom. The summed E-state index contributed by atoms with van der Waals surface area (Å²) < 4.78 is 21.1. The summed E-state index contributed by atoms with van der Waals surface area (Å²) in [7, 11) is 0. The van der Waals surface area contributed by atoms with Gasteiger partial charge in [-0.25, -0.2) is 4.39 Å². The zero-order valence-corrected chi connectivity index (χ0v) is 18.4. The summed E-state index contributed by atoms with van der Waals surface area (Å²) >= 11 is 9.52. The Labute approximate surface area is 187 Å². The van der Waals surface area contributed by atoms with E-state index in [-0.39, 0.29) is 17.5 Å². The number of allylic oxidation sites excluding steroid dienone is 1. The van der Waals surface area contributed by atoms with Crippen molar-refractivity contribution in [3.05, 3.63) is 81.3 Å². The second-order valence-electron chi connectivity index (χ2n) is 7.14. The summed E-state index contributed by atoms with van der Waals surface area (Å²) in [6.45, 7) is 0.705. The van der Waals surface area contributed by atoms with Gasteiger partial charge in [-0.05, 0) is 77.2 Å². The zero-order valence-electron chi connectivity index (χ0n) is 16.1. The summed E-state index contributed by atoms with van der Waals surface area (Å²) in [5.41, 5.74) is 2.35. The van der Waals surface area contributed by atoms with Crippen LogP contribution in [0.4, 0.5) is 4.39 Å². The van der Waals surface area contributed by atoms with E-state index in [0.717, 1.165) is 40.2 Å². The van der Waals surface area contributed by atoms with Crippen LogP contribution in [0, 0.1) is 11.2 Å². The first kappa shape index (κ1) is 21.0. The van der Waals surface area contributed by atoms with Crippen molar-refractivity contribution in [1.82, 2.24) is 10.3 Å². The van der Waals surface area contributed by atoms with Crippen LogP contribution in [-0.2, 0) is 4.74 Å². The molecule has 2 N–H and O–H groups in total. The molecule has 2 aromatic carbocycles. The normalized spacial score (nSPS) is 17.2. The van der Waals surface area contributed by atoms with E-state index in [0.29, 0.717) is 17.2 Å². The molecule has 7 heteroatoms. The van der Waals surface area contributed by atoms with Gasteiger partial charge in [0.05, 0.1) is 11.2 Å². The van der Waals surface area contributed by atoms with Gasteiger partial charge in [-0.2, -0.15) is 0 Å². The molecule has 154 valence electrons. The van der Waals surface area contributed by atoms with Crippen molar-refractivity contribution in [2.75, 3.05) is 6.61 Å². The maximum Gasteiger partial charge on any atom is 0.132 e. The summed E-state index contributed by atoms with van der Waals surface area (Å²) in [6, 6.07) is 11.9. The van der Waals surface area contributed by atoms with E-state index in [1.54, 1.807) is 12.4 Å². The van der Waals surface area contributed by atoms with Crippen molar-refractivity contribution in [3.8, 4) is 0 Å². The average molecular weight is 489 g/mol. The second kappa shape index (κ2) is 9.25. The number of ether oxygens (including phenoxy) is 1. The molecule has 1 fully saturated rings. The largest absolute Gasteiger partial charge is 0.366 e. The van der Waals surface area contributed by atoms with Gasteiger partial charge in [0.15, 0.2) is 0 Å². The standard InChI is InChI=1S/C23H20BrClFN3O/c24-16-10-15-9-14(4-7-21(15)28-12-16)19(13-29-22-3-1-2-8-30-22)23(27)18-11-17(25)5-6-20(18)26/h4-7,9-13,22,27,29H,1-3,8H2/b19-13-,27-23?. The molecule has 0 aliphatic carbocycles. The molecule has 1 aliphatic rings. The molecule has 0 saturated carbocycles. The first-order valence-electron chi connectivity index (χ1n) is 9.69. The number of benzene rings is 2. The smallest absolute Gasteiger partial charge is 0.132 e. The van der Waals surface area contributed by atoms with Crippen LogP contribution in [-0.4, -0.2) is 23.5 Å². The molecule has 1 unspecified atom stereocenters. The highest BCUT2D eigenvalue weighted by Gasteiger charge is 2.18. The number of pyridine rings is 1. The van der Waals surface area contributed by atoms with Crippen LogP contribution >= 0.6 is 27.5 Å². The SMILES string of the molecule is N=C(/C(=C\NC1CCCCO1)c1ccc2ncc(Br)cc2c1)c1cc(Cl)ccc1F. The van der Waals surface area contributed by atoms with Crippen LogP contribution in [0.15, 0.2) is 59.3 Å². The molecule has 4 rings (SSSR count). The number of halogens is 3. The third-order valence-corrected chi connectivity index (χ3v) is 5.69. The molecule has 0 spiro atoms. The summed E-state index contributed by atoms with van der Waals surface area (Å²) in [5, 5.41) is 13.3. The lowest BCUT2D eigenvalue weighted by Gasteiger charge is -2.23. The van der Waals surface area contributed by atoms with Crippen molar-refractivity contribution in [2.45, 2.75) is 25.5 Å². The minimum Gasteiger partial charge on any atom is -0.366 e. The van der Waals surface area contributed by atoms with Gasteiger partial charge in [-0.15, -0.1) is 0 Å². The summed E-state index contributed by atoms with van der Waals surface area (Å²) in [4.78, 5) is 4.40. The third kappa shape index (κ3) is 4.72. The molecule has 0 amide bonds. The highest BCUT2D eigenvalue weighted by atomic mass is 79.9. The lowest BCUT2D eigenvalue weighted by atomic mass is 9.95. The Kier molecular flexibility index (Phi) is 6.46. The number of nitrogens with one attached hydrogen (secondary N) is 2. The quantitative estimate of drug-likeness (QED) is 0.413. The fraction of sp³-hybridized carbons (Fsp3) is 0.217. The van der Waals surface area contributed by atoms with Crippen LogP contribution in [0.3, 0.4) is 0 Å². The van der Waals surface area contributed by atoms with E-state index in [1.807, 2.05) is 24.3 Å². The van der Waals surface area contributed by atoms with E-state index in [4.69, 9.17) is 21.7 Å². The molecule has 0 bridgehead atoms. The maximum atomic E-state index is 14.5. The summed E-state index contributed by atoms with van der Waals surface area (Å²) in [6.07, 6.45) is 6.37. The van der Waals surface area contributed by atoms with Crippen LogP contribution in [0.5, 0.6) is 0 Å². The maximum absolute atomic E-state index is 14.5. The van der Waals surface area contributed by atoms with E-state index in [2.05, 4.69) is 26.2 Å². The minimum absolute atomic E-state index is 0.0422. The van der Waals surface area contributed by atoms with Gasteiger partial charge in [0.2, 0.25) is 0 Å². The highest BCUT2D eigenvalue weighted by Crippen LogP contribution is 2.27. The van der Waals surface area contributed by atoms with E-state index >= 15 is 0 Å². The molecule has 3 aromatic rings. The fourth-order valence-corrected chi connectivity index (χ4v) is 3.98. The van der Waals surface area contributed by atoms with Crippen molar-refractivity contribution in [1.29, 1.82) is 5.41 Å². The number of hydrogen-bond acceptors (Lipinski definition) is 4. The molecule has 0 radical (unpaired) electrons. The Morgan fingerprint density at radius 2 is 2.10 bits per heavy atom. The van der Waals surface area contributed by atoms with E-state index in [1.165, 1.54) is 18.2 Å². The van der Waals surface area contributed by atoms with Crippen molar-refractivity contribution >= 4 is 49.7 Å². The third-order valence-electron chi connectivity index (χ3n) is 5.02. The molecule has 30 heavy (non-hydrogen) atoms. The van der Waals surface area contributed by atoms with Crippen molar-refractivity contribution < 1.29 is 9.13 Å². The molecule has 1 aliphatic heterocycles. The number of fused-ring (bicyclic) bond motifs is 1. The topological polar surface area (TPSA) is 58.0 Å². The Hall–Kier alpha value is -2.28. The zero-order chi connectivity index (χ0) is 21.1. The molecule has 2 heterocycles. The number of rotatable bonds is 5. The van der Waals surface area contributed by atoms with Crippen LogP contribution < -0.4 is 5.32 Å². The molecular formula is C23H20BrClFN3O. The number of nitrogens with zero attached hydrogens (tertiary/aromatic N) is 1. The van der Waals surface area contributed by atoms with E-state index < -0.39 is 5.82 Å². The molecule has 1 aromatic heterocycles. The van der Waals surface area contributed by atoms with Crippen LogP contribution in [0.1, 0.15) is 30.4 Å². The first-order chi connectivity index (χ1) is 14.5. The lowest BCUT2D eigenvalue weighted by molar-refractivity contribution is 0.00348. The van der Waals surface area contributed by atoms with E-state index in [9.17, 15) is 4.39 Å². The van der Waals surface area contributed by atoms with Gasteiger partial charge >= 0.3 is 0 Å². The first-order valence-corrected chi connectivity index (χ1v) is 10.9. The monoisotopic (exact) mass is 487 g/mol. The van der Waals surface area contributed by atoms with Crippen LogP contribution in [0.2, 0.25) is 5.02 Å². The fourth-order valence-electron chi connectivity index (χ4n) is 3.45. The lowest BCUT2D eigenvalue weighted by Crippen LogP contribution is -2.31. The minimum atomic E-state index is -0.491. The van der Waals surface area contributed by atoms with Crippen molar-refractivity contribution in [3.63, 3.8) is 0 Å². The number of hydrogen-bond donors (Lipinski definition) is 2. The average Bonchev–Trinajstić information content (AvgIpc) is 2.76. The molecule has 1 saturated heterocycles. The van der Waals surface area contributed by atoms with Gasteiger partial charge < -0.3 is 10.1 Å². The Morgan fingerprint density at radius 3 is 2.90 bits per heavy atom. The summed E-state index contributed by atoms with van der Waals surface area (Å²) in [5.74, 6) is -0.491. The van der Waals surface area contributed by atoms with Crippen molar-refractivity contribution in [2.24, 2.45) is 0 Å².